The van der Waals surface area contributed by atoms with Gasteiger partial charge in [-0.3, -0.25) is 19.9 Å². The predicted octanol–water partition coefficient (Wildman–Crippen LogP) is 4.57. The van der Waals surface area contributed by atoms with Crippen molar-refractivity contribution in [3.05, 3.63) is 61.6 Å². The number of pyridine rings is 3. The van der Waals surface area contributed by atoms with Crippen LogP contribution < -0.4 is 5.32 Å². The van der Waals surface area contributed by atoms with Crippen LogP contribution in [-0.2, 0) is 4.79 Å². The van der Waals surface area contributed by atoms with Crippen molar-refractivity contribution in [3.63, 3.8) is 0 Å². The molecule has 1 saturated carbocycles. The van der Waals surface area contributed by atoms with E-state index in [1.807, 2.05) is 24.3 Å². The van der Waals surface area contributed by atoms with Gasteiger partial charge in [-0.25, -0.2) is 9.97 Å². The molecule has 1 amide bonds. The number of imidazole rings is 1. The van der Waals surface area contributed by atoms with Crippen LogP contribution in [-0.4, -0.2) is 41.0 Å². The van der Waals surface area contributed by atoms with E-state index in [4.69, 9.17) is 4.42 Å². The van der Waals surface area contributed by atoms with Crippen molar-refractivity contribution in [1.29, 1.82) is 0 Å². The first-order chi connectivity index (χ1) is 17.2. The summed E-state index contributed by atoms with van der Waals surface area (Å²) in [6.07, 6.45) is 12.0. The first kappa shape index (κ1) is 19.6. The van der Waals surface area contributed by atoms with Crippen molar-refractivity contribution in [1.82, 2.24) is 35.1 Å². The minimum Gasteiger partial charge on any atom is -0.472 e. The minimum atomic E-state index is 0.0396. The zero-order valence-electron chi connectivity index (χ0n) is 18.3. The Morgan fingerprint density at radius 1 is 1.09 bits per heavy atom. The number of fused-ring (bicyclic) bond motifs is 2. The van der Waals surface area contributed by atoms with Crippen molar-refractivity contribution < 1.29 is 9.21 Å². The lowest BCUT2D eigenvalue weighted by atomic mass is 10.1. The average Bonchev–Trinajstić information content (AvgIpc) is 3.26. The van der Waals surface area contributed by atoms with Crippen LogP contribution in [0.3, 0.4) is 0 Å². The summed E-state index contributed by atoms with van der Waals surface area (Å²) in [7, 11) is 0. The summed E-state index contributed by atoms with van der Waals surface area (Å²) in [6, 6.07) is 7.63. The predicted molar refractivity (Wildman–Crippen MR) is 129 cm³/mol. The van der Waals surface area contributed by atoms with E-state index in [0.29, 0.717) is 28.5 Å². The third-order valence-electron chi connectivity index (χ3n) is 6.15. The smallest absolute Gasteiger partial charge is 0.227 e. The van der Waals surface area contributed by atoms with Crippen molar-refractivity contribution in [3.8, 4) is 33.9 Å². The fourth-order valence-electron chi connectivity index (χ4n) is 4.17. The van der Waals surface area contributed by atoms with Crippen molar-refractivity contribution >= 4 is 33.7 Å². The van der Waals surface area contributed by atoms with E-state index in [2.05, 4.69) is 40.4 Å². The Morgan fingerprint density at radius 2 is 2.03 bits per heavy atom. The molecule has 0 bridgehead atoms. The Labute approximate surface area is 197 Å². The Hall–Kier alpha value is -4.86. The summed E-state index contributed by atoms with van der Waals surface area (Å²) in [4.78, 5) is 33.5. The highest BCUT2D eigenvalue weighted by Gasteiger charge is 2.29. The number of aromatic nitrogens is 7. The van der Waals surface area contributed by atoms with Gasteiger partial charge in [0.05, 0.1) is 47.3 Å². The lowest BCUT2D eigenvalue weighted by Gasteiger charge is -2.06. The molecule has 35 heavy (non-hydrogen) atoms. The number of furan rings is 1. The third-order valence-corrected chi connectivity index (χ3v) is 6.15. The van der Waals surface area contributed by atoms with Crippen LogP contribution in [0, 0.1) is 5.92 Å². The maximum Gasteiger partial charge on any atom is 0.227 e. The SMILES string of the molecule is O=C(Nc1cncc(-c2cc3c(-c4nc5nccc(-c6ccoc6)c5[nH]4)n[nH]c3cn2)c1)C1CC1. The lowest BCUT2D eigenvalue weighted by molar-refractivity contribution is -0.117. The van der Waals surface area contributed by atoms with Gasteiger partial charge in [0, 0.05) is 40.4 Å². The molecule has 1 fully saturated rings. The fraction of sp³-hybridized carbons (Fsp3) is 0.120. The highest BCUT2D eigenvalue weighted by molar-refractivity contribution is 5.97. The van der Waals surface area contributed by atoms with Gasteiger partial charge >= 0.3 is 0 Å². The second kappa shape index (κ2) is 7.59. The molecule has 170 valence electrons. The van der Waals surface area contributed by atoms with Crippen LogP contribution in [0.15, 0.2) is 66.0 Å². The molecule has 0 aliphatic heterocycles. The van der Waals surface area contributed by atoms with E-state index < -0.39 is 0 Å². The van der Waals surface area contributed by atoms with Gasteiger partial charge in [0.1, 0.15) is 5.69 Å². The summed E-state index contributed by atoms with van der Waals surface area (Å²) in [5, 5.41) is 11.3. The van der Waals surface area contributed by atoms with E-state index in [0.717, 1.165) is 46.0 Å². The van der Waals surface area contributed by atoms with Crippen molar-refractivity contribution in [2.45, 2.75) is 12.8 Å². The van der Waals surface area contributed by atoms with E-state index in [1.54, 1.807) is 37.3 Å². The Morgan fingerprint density at radius 3 is 2.89 bits per heavy atom. The molecule has 10 nitrogen and oxygen atoms in total. The van der Waals surface area contributed by atoms with Gasteiger partial charge in [-0.15, -0.1) is 0 Å². The summed E-state index contributed by atoms with van der Waals surface area (Å²) >= 11 is 0. The quantitative estimate of drug-likeness (QED) is 0.341. The molecule has 7 rings (SSSR count). The average molecular weight is 462 g/mol. The number of carbonyl (C=O) groups excluding carboxylic acids is 1. The van der Waals surface area contributed by atoms with Gasteiger partial charge < -0.3 is 14.7 Å². The molecule has 6 aromatic heterocycles. The number of nitrogens with zero attached hydrogens (tertiary/aromatic N) is 5. The van der Waals surface area contributed by atoms with Crippen LogP contribution >= 0.6 is 0 Å². The molecular weight excluding hydrogens is 444 g/mol. The van der Waals surface area contributed by atoms with Gasteiger partial charge in [-0.1, -0.05) is 0 Å². The monoisotopic (exact) mass is 462 g/mol. The van der Waals surface area contributed by atoms with Gasteiger partial charge in [-0.2, -0.15) is 5.10 Å². The first-order valence-corrected chi connectivity index (χ1v) is 11.2. The molecule has 0 spiro atoms. The molecule has 0 radical (unpaired) electrons. The number of hydrogen-bond acceptors (Lipinski definition) is 7. The summed E-state index contributed by atoms with van der Waals surface area (Å²) in [6.45, 7) is 0. The number of nitrogens with one attached hydrogen (secondary N) is 3. The van der Waals surface area contributed by atoms with Crippen molar-refractivity contribution in [2.24, 2.45) is 5.92 Å². The molecule has 0 atom stereocenters. The number of amides is 1. The van der Waals surface area contributed by atoms with Gasteiger partial charge in [0.2, 0.25) is 5.91 Å². The fourth-order valence-corrected chi connectivity index (χ4v) is 4.17. The van der Waals surface area contributed by atoms with Crippen LogP contribution in [0.4, 0.5) is 5.69 Å². The van der Waals surface area contributed by atoms with Gasteiger partial charge in [-0.05, 0) is 37.1 Å². The zero-order chi connectivity index (χ0) is 23.4. The van der Waals surface area contributed by atoms with Crippen LogP contribution in [0.25, 0.3) is 56.0 Å². The molecule has 0 saturated heterocycles. The number of anilines is 1. The number of rotatable bonds is 5. The number of hydrogen-bond donors (Lipinski definition) is 3. The van der Waals surface area contributed by atoms with E-state index >= 15 is 0 Å². The highest BCUT2D eigenvalue weighted by Crippen LogP contribution is 2.33. The molecule has 3 N–H and O–H groups in total. The minimum absolute atomic E-state index is 0.0396. The molecular formula is C25H18N8O2. The van der Waals surface area contributed by atoms with Crippen LogP contribution in [0.2, 0.25) is 0 Å². The molecule has 0 aromatic carbocycles. The highest BCUT2D eigenvalue weighted by atomic mass is 16.3. The largest absolute Gasteiger partial charge is 0.472 e. The second-order valence-corrected chi connectivity index (χ2v) is 8.57. The molecule has 6 heterocycles. The molecule has 1 aliphatic carbocycles. The molecule has 0 unspecified atom stereocenters. The lowest BCUT2D eigenvalue weighted by Crippen LogP contribution is -2.13. The van der Waals surface area contributed by atoms with Crippen LogP contribution in [0.5, 0.6) is 0 Å². The topological polar surface area (TPSA) is 138 Å². The standard InChI is InChI=1S/C25H18N8O2/c34-25(13-1-2-13)29-16-7-15(9-26-10-16)19-8-18-20(11-28-19)32-33-22(18)24-30-21-17(14-4-6-35-12-14)3-5-27-23(21)31-24/h3-13H,1-2H2,(H,29,34)(H,32,33)(H,27,30,31). The molecule has 6 aromatic rings. The Kier molecular flexibility index (Phi) is 4.25. The van der Waals surface area contributed by atoms with Crippen molar-refractivity contribution in [2.75, 3.05) is 5.32 Å². The zero-order valence-corrected chi connectivity index (χ0v) is 18.3. The Bertz CT molecular complexity index is 1710. The van der Waals surface area contributed by atoms with Crippen LogP contribution in [0.1, 0.15) is 12.8 Å². The molecule has 1 aliphatic rings. The summed E-state index contributed by atoms with van der Waals surface area (Å²) in [5.41, 5.74) is 6.87. The van der Waals surface area contributed by atoms with E-state index in [9.17, 15) is 4.79 Å². The Balaban J connectivity index is 1.29. The van der Waals surface area contributed by atoms with Gasteiger partial charge in [0.15, 0.2) is 11.5 Å². The second-order valence-electron chi connectivity index (χ2n) is 8.57. The summed E-state index contributed by atoms with van der Waals surface area (Å²) in [5.74, 6) is 0.752. The summed E-state index contributed by atoms with van der Waals surface area (Å²) < 4.78 is 5.25. The van der Waals surface area contributed by atoms with E-state index in [-0.39, 0.29) is 11.8 Å². The maximum atomic E-state index is 12.1. The van der Waals surface area contributed by atoms with Gasteiger partial charge in [0.25, 0.3) is 0 Å². The van der Waals surface area contributed by atoms with E-state index in [1.165, 1.54) is 0 Å². The number of aromatic amines is 2. The maximum absolute atomic E-state index is 12.1. The normalized spacial score (nSPS) is 13.5. The first-order valence-electron chi connectivity index (χ1n) is 11.2. The number of H-pyrrole nitrogens is 2. The molecule has 10 heteroatoms. The third kappa shape index (κ3) is 3.43. The number of carbonyl (C=O) groups is 1.